The van der Waals surface area contributed by atoms with Gasteiger partial charge in [0.1, 0.15) is 6.04 Å². The minimum atomic E-state index is -0.609. The first kappa shape index (κ1) is 17.6. The highest BCUT2D eigenvalue weighted by atomic mass is 35.5. The first-order valence-electron chi connectivity index (χ1n) is 6.45. The van der Waals surface area contributed by atoms with Gasteiger partial charge in [-0.3, -0.25) is 4.79 Å². The molecule has 1 rings (SSSR count). The van der Waals surface area contributed by atoms with Crippen LogP contribution < -0.4 is 10.6 Å². The third-order valence-electron chi connectivity index (χ3n) is 2.93. The molecule has 0 spiro atoms. The van der Waals surface area contributed by atoms with Crippen LogP contribution in [0, 0.1) is 0 Å². The van der Waals surface area contributed by atoms with Gasteiger partial charge in [-0.1, -0.05) is 23.2 Å². The van der Waals surface area contributed by atoms with Crippen LogP contribution in [0.5, 0.6) is 0 Å². The lowest BCUT2D eigenvalue weighted by Crippen LogP contribution is -2.48. The summed E-state index contributed by atoms with van der Waals surface area (Å²) in [5.74, 6) is -0.182. The maximum atomic E-state index is 11.9. The zero-order valence-corrected chi connectivity index (χ0v) is 13.9. The summed E-state index contributed by atoms with van der Waals surface area (Å²) in [5, 5.41) is 6.36. The first-order valence-corrected chi connectivity index (χ1v) is 7.21. The molecular formula is C14H19Cl2N3O2. The lowest BCUT2D eigenvalue weighted by molar-refractivity contribution is -0.130. The molecule has 0 fully saturated rings. The van der Waals surface area contributed by atoms with Gasteiger partial charge in [-0.2, -0.15) is 0 Å². The van der Waals surface area contributed by atoms with Crippen molar-refractivity contribution in [2.24, 2.45) is 0 Å². The number of likely N-dealkylation sites (N-methyl/N-ethyl adjacent to an activating group) is 1. The summed E-state index contributed by atoms with van der Waals surface area (Å²) in [4.78, 5) is 25.0. The standard InChI is InChI=1S/C14H19Cl2N3O2/c1-8(11-7-10(15)5-6-12(11)16)17-14(21)18-9(2)13(20)19(3)4/h5-9H,1-4H3,(H2,17,18,21)/t8-,9-/m0/s1. The van der Waals surface area contributed by atoms with E-state index in [2.05, 4.69) is 10.6 Å². The number of rotatable bonds is 4. The molecule has 1 aromatic rings. The monoisotopic (exact) mass is 331 g/mol. The van der Waals surface area contributed by atoms with Crippen molar-refractivity contribution in [3.05, 3.63) is 33.8 Å². The van der Waals surface area contributed by atoms with Crippen LogP contribution in [0.3, 0.4) is 0 Å². The molecule has 0 heterocycles. The van der Waals surface area contributed by atoms with E-state index in [0.29, 0.717) is 15.6 Å². The molecule has 3 amide bonds. The molecular weight excluding hydrogens is 313 g/mol. The Morgan fingerprint density at radius 1 is 1.14 bits per heavy atom. The molecule has 0 aliphatic rings. The maximum absolute atomic E-state index is 11.9. The number of urea groups is 1. The molecule has 5 nitrogen and oxygen atoms in total. The molecule has 2 N–H and O–H groups in total. The third kappa shape index (κ3) is 5.10. The van der Waals surface area contributed by atoms with Crippen molar-refractivity contribution < 1.29 is 9.59 Å². The van der Waals surface area contributed by atoms with Gasteiger partial charge in [-0.05, 0) is 37.6 Å². The van der Waals surface area contributed by atoms with Crippen LogP contribution in [-0.4, -0.2) is 37.0 Å². The van der Waals surface area contributed by atoms with E-state index in [1.807, 2.05) is 0 Å². The highest BCUT2D eigenvalue weighted by molar-refractivity contribution is 6.33. The predicted octanol–water partition coefficient (Wildman–Crippen LogP) is 2.83. The molecule has 0 saturated carbocycles. The predicted molar refractivity (Wildman–Crippen MR) is 84.7 cm³/mol. The topological polar surface area (TPSA) is 61.4 Å². The Morgan fingerprint density at radius 2 is 1.76 bits per heavy atom. The van der Waals surface area contributed by atoms with Gasteiger partial charge in [0.2, 0.25) is 5.91 Å². The lowest BCUT2D eigenvalue weighted by Gasteiger charge is -2.21. The summed E-state index contributed by atoms with van der Waals surface area (Å²) in [5.41, 5.74) is 0.714. The van der Waals surface area contributed by atoms with Crippen molar-refractivity contribution in [3.63, 3.8) is 0 Å². The Kier molecular flexibility index (Phi) is 6.30. The second kappa shape index (κ2) is 7.52. The molecule has 0 aliphatic heterocycles. The van der Waals surface area contributed by atoms with Crippen LogP contribution in [0.2, 0.25) is 10.0 Å². The lowest BCUT2D eigenvalue weighted by atomic mass is 10.1. The van der Waals surface area contributed by atoms with E-state index in [1.165, 1.54) is 4.90 Å². The van der Waals surface area contributed by atoms with Crippen molar-refractivity contribution in [1.29, 1.82) is 0 Å². The summed E-state index contributed by atoms with van der Waals surface area (Å²) in [6.07, 6.45) is 0. The summed E-state index contributed by atoms with van der Waals surface area (Å²) in [6.45, 7) is 3.41. The van der Waals surface area contributed by atoms with E-state index in [0.717, 1.165) is 0 Å². The van der Waals surface area contributed by atoms with E-state index in [9.17, 15) is 9.59 Å². The quantitative estimate of drug-likeness (QED) is 0.891. The van der Waals surface area contributed by atoms with Crippen molar-refractivity contribution in [1.82, 2.24) is 15.5 Å². The average Bonchev–Trinajstić information content (AvgIpc) is 2.39. The molecule has 0 radical (unpaired) electrons. The van der Waals surface area contributed by atoms with Crippen molar-refractivity contribution in [3.8, 4) is 0 Å². The van der Waals surface area contributed by atoms with Gasteiger partial charge in [0, 0.05) is 24.1 Å². The summed E-state index contributed by atoms with van der Waals surface area (Å²) < 4.78 is 0. The Morgan fingerprint density at radius 3 is 2.33 bits per heavy atom. The van der Waals surface area contributed by atoms with Gasteiger partial charge in [-0.25, -0.2) is 4.79 Å². The number of benzene rings is 1. The Labute approximate surface area is 134 Å². The molecule has 1 aromatic carbocycles. The molecule has 7 heteroatoms. The second-order valence-electron chi connectivity index (χ2n) is 4.96. The van der Waals surface area contributed by atoms with E-state index in [1.54, 1.807) is 46.1 Å². The van der Waals surface area contributed by atoms with Gasteiger partial charge in [0.15, 0.2) is 0 Å². The summed E-state index contributed by atoms with van der Waals surface area (Å²) in [6, 6.07) is 3.66. The van der Waals surface area contributed by atoms with Crippen LogP contribution in [0.1, 0.15) is 25.5 Å². The van der Waals surface area contributed by atoms with Gasteiger partial charge in [-0.15, -0.1) is 0 Å². The smallest absolute Gasteiger partial charge is 0.315 e. The number of hydrogen-bond donors (Lipinski definition) is 2. The van der Waals surface area contributed by atoms with Crippen LogP contribution in [0.4, 0.5) is 4.79 Å². The molecule has 116 valence electrons. The number of nitrogens with one attached hydrogen (secondary N) is 2. The van der Waals surface area contributed by atoms with Crippen molar-refractivity contribution >= 4 is 35.1 Å². The molecule has 0 unspecified atom stereocenters. The zero-order chi connectivity index (χ0) is 16.2. The second-order valence-corrected chi connectivity index (χ2v) is 5.80. The van der Waals surface area contributed by atoms with Gasteiger partial charge in [0.05, 0.1) is 6.04 Å². The highest BCUT2D eigenvalue weighted by Crippen LogP contribution is 2.26. The average molecular weight is 332 g/mol. The minimum absolute atomic E-state index is 0.182. The first-order chi connectivity index (χ1) is 9.72. The molecule has 21 heavy (non-hydrogen) atoms. The fourth-order valence-electron chi connectivity index (χ4n) is 1.81. The number of carbonyl (C=O) groups is 2. The third-order valence-corrected chi connectivity index (χ3v) is 3.51. The largest absolute Gasteiger partial charge is 0.347 e. The fourth-order valence-corrected chi connectivity index (χ4v) is 2.27. The number of halogens is 2. The fraction of sp³-hybridized carbons (Fsp3) is 0.429. The van der Waals surface area contributed by atoms with Gasteiger partial charge < -0.3 is 15.5 Å². The van der Waals surface area contributed by atoms with Crippen LogP contribution in [0.25, 0.3) is 0 Å². The molecule has 0 saturated heterocycles. The van der Waals surface area contributed by atoms with Crippen molar-refractivity contribution in [2.45, 2.75) is 25.9 Å². The van der Waals surface area contributed by atoms with Gasteiger partial charge >= 0.3 is 6.03 Å². The summed E-state index contributed by atoms with van der Waals surface area (Å²) in [7, 11) is 3.26. The van der Waals surface area contributed by atoms with E-state index >= 15 is 0 Å². The minimum Gasteiger partial charge on any atom is -0.347 e. The Hall–Kier alpha value is -1.46. The Balaban J connectivity index is 2.66. The summed E-state index contributed by atoms with van der Waals surface area (Å²) >= 11 is 12.0. The molecule has 2 atom stereocenters. The van der Waals surface area contributed by atoms with Gasteiger partial charge in [0.25, 0.3) is 0 Å². The van der Waals surface area contributed by atoms with E-state index < -0.39 is 12.1 Å². The van der Waals surface area contributed by atoms with Crippen LogP contribution in [-0.2, 0) is 4.79 Å². The molecule has 0 aromatic heterocycles. The maximum Gasteiger partial charge on any atom is 0.315 e. The normalized spacial score (nSPS) is 13.2. The molecule has 0 aliphatic carbocycles. The Bertz CT molecular complexity index is 535. The van der Waals surface area contributed by atoms with Crippen molar-refractivity contribution in [2.75, 3.05) is 14.1 Å². The number of amides is 3. The number of hydrogen-bond acceptors (Lipinski definition) is 2. The highest BCUT2D eigenvalue weighted by Gasteiger charge is 2.19. The van der Waals surface area contributed by atoms with E-state index in [4.69, 9.17) is 23.2 Å². The van der Waals surface area contributed by atoms with Crippen LogP contribution >= 0.6 is 23.2 Å². The van der Waals surface area contributed by atoms with E-state index in [-0.39, 0.29) is 11.9 Å². The number of nitrogens with zero attached hydrogens (tertiary/aromatic N) is 1. The van der Waals surface area contributed by atoms with Crippen LogP contribution in [0.15, 0.2) is 18.2 Å². The zero-order valence-electron chi connectivity index (χ0n) is 12.4. The SMILES string of the molecule is C[C@H](NC(=O)N[C@@H](C)c1cc(Cl)ccc1Cl)C(=O)N(C)C. The molecule has 0 bridgehead atoms. The number of carbonyl (C=O) groups excluding carboxylic acids is 2.